The van der Waals surface area contributed by atoms with Crippen LogP contribution in [0.25, 0.3) is 11.0 Å². The van der Waals surface area contributed by atoms with Crippen molar-refractivity contribution in [3.63, 3.8) is 0 Å². The Kier molecular flexibility index (Phi) is 4.05. The minimum Gasteiger partial charge on any atom is -0.340 e. The topological polar surface area (TPSA) is 69.8 Å². The van der Waals surface area contributed by atoms with Crippen LogP contribution in [0.2, 0.25) is 0 Å². The number of hydrogen-bond donors (Lipinski definition) is 3. The van der Waals surface area contributed by atoms with E-state index >= 15 is 0 Å². The number of nitrogens with one attached hydrogen (secondary N) is 3. The fraction of sp³-hybridized carbons (Fsp3) is 0.176. The highest BCUT2D eigenvalue weighted by Gasteiger charge is 2.05. The van der Waals surface area contributed by atoms with E-state index < -0.39 is 0 Å². The van der Waals surface area contributed by atoms with Gasteiger partial charge in [-0.3, -0.25) is 0 Å². The van der Waals surface area contributed by atoms with Crippen LogP contribution in [-0.2, 0) is 13.0 Å². The maximum absolute atomic E-state index is 11.9. The number of fused-ring (bicyclic) bond motifs is 1. The number of anilines is 1. The second-order valence-corrected chi connectivity index (χ2v) is 5.06. The molecule has 0 saturated heterocycles. The number of nitrogens with zero attached hydrogens (tertiary/aromatic N) is 1. The van der Waals surface area contributed by atoms with Crippen molar-refractivity contribution < 1.29 is 4.79 Å². The molecule has 0 spiro atoms. The summed E-state index contributed by atoms with van der Waals surface area (Å²) in [6.45, 7) is 2.44. The second-order valence-electron chi connectivity index (χ2n) is 5.06. The Balaban J connectivity index is 1.59. The lowest BCUT2D eigenvalue weighted by atomic mass is 10.1. The van der Waals surface area contributed by atoms with Crippen molar-refractivity contribution in [3.05, 3.63) is 59.9 Å². The summed E-state index contributed by atoms with van der Waals surface area (Å²) < 4.78 is 0. The summed E-state index contributed by atoms with van der Waals surface area (Å²) >= 11 is 0. The summed E-state index contributed by atoms with van der Waals surface area (Å²) in [5.74, 6) is 0.735. The largest absolute Gasteiger partial charge is 0.340 e. The van der Waals surface area contributed by atoms with Gasteiger partial charge in [0, 0.05) is 5.69 Å². The van der Waals surface area contributed by atoms with Crippen LogP contribution in [0.5, 0.6) is 0 Å². The number of aryl methyl sites for hydroxylation is 1. The van der Waals surface area contributed by atoms with E-state index in [0.717, 1.165) is 29.0 Å². The van der Waals surface area contributed by atoms with Gasteiger partial charge in [-0.25, -0.2) is 9.78 Å². The first-order valence-corrected chi connectivity index (χ1v) is 7.32. The number of aromatic amines is 1. The predicted octanol–water partition coefficient (Wildman–Crippen LogP) is 3.45. The molecule has 2 aromatic carbocycles. The van der Waals surface area contributed by atoms with Crippen LogP contribution < -0.4 is 10.6 Å². The van der Waals surface area contributed by atoms with Gasteiger partial charge in [0.1, 0.15) is 5.82 Å². The molecule has 3 rings (SSSR count). The number of urea groups is 1. The lowest BCUT2D eigenvalue weighted by Crippen LogP contribution is -2.28. The highest BCUT2D eigenvalue weighted by molar-refractivity contribution is 5.89. The predicted molar refractivity (Wildman–Crippen MR) is 87.8 cm³/mol. The van der Waals surface area contributed by atoms with E-state index in [1.807, 2.05) is 48.5 Å². The van der Waals surface area contributed by atoms with E-state index in [2.05, 4.69) is 27.5 Å². The molecule has 1 heterocycles. The summed E-state index contributed by atoms with van der Waals surface area (Å²) in [6, 6.07) is 15.4. The fourth-order valence-corrected chi connectivity index (χ4v) is 2.30. The number of hydrogen-bond acceptors (Lipinski definition) is 2. The van der Waals surface area contributed by atoms with Crippen molar-refractivity contribution in [1.29, 1.82) is 0 Å². The van der Waals surface area contributed by atoms with Crippen molar-refractivity contribution in [2.45, 2.75) is 19.9 Å². The van der Waals surface area contributed by atoms with Gasteiger partial charge in [-0.2, -0.15) is 0 Å². The van der Waals surface area contributed by atoms with Gasteiger partial charge in [0.05, 0.1) is 17.6 Å². The highest BCUT2D eigenvalue weighted by Crippen LogP contribution is 2.12. The molecule has 0 unspecified atom stereocenters. The monoisotopic (exact) mass is 294 g/mol. The van der Waals surface area contributed by atoms with Crippen molar-refractivity contribution in [2.75, 3.05) is 5.32 Å². The fourth-order valence-electron chi connectivity index (χ4n) is 2.30. The number of benzene rings is 2. The Morgan fingerprint density at radius 3 is 2.86 bits per heavy atom. The molecule has 3 N–H and O–H groups in total. The number of rotatable bonds is 4. The Morgan fingerprint density at radius 1 is 1.18 bits per heavy atom. The smallest absolute Gasteiger partial charge is 0.319 e. The number of imidazole rings is 1. The van der Waals surface area contributed by atoms with E-state index in [1.165, 1.54) is 5.56 Å². The zero-order chi connectivity index (χ0) is 15.4. The molecule has 0 bridgehead atoms. The number of amides is 2. The maximum atomic E-state index is 11.9. The molecule has 0 atom stereocenters. The first-order valence-electron chi connectivity index (χ1n) is 7.32. The second kappa shape index (κ2) is 6.30. The molecular formula is C17H18N4O. The van der Waals surface area contributed by atoms with Crippen molar-refractivity contribution in [3.8, 4) is 0 Å². The number of para-hydroxylation sites is 2. The molecule has 5 heteroatoms. The normalized spacial score (nSPS) is 10.6. The zero-order valence-electron chi connectivity index (χ0n) is 12.4. The molecule has 0 aliphatic heterocycles. The summed E-state index contributed by atoms with van der Waals surface area (Å²) in [5, 5.41) is 5.63. The average Bonchev–Trinajstić information content (AvgIpc) is 2.96. The number of carbonyl (C=O) groups excluding carboxylic acids is 1. The van der Waals surface area contributed by atoms with Gasteiger partial charge < -0.3 is 15.6 Å². The standard InChI is InChI=1S/C17H18N4O/c1-2-12-6-5-7-13(10-12)19-17(22)18-11-16-20-14-8-3-4-9-15(14)21-16/h3-10H,2,11H2,1H3,(H,20,21)(H2,18,19,22). The van der Waals surface area contributed by atoms with Crippen LogP contribution in [0.1, 0.15) is 18.3 Å². The Hall–Kier alpha value is -2.82. The minimum atomic E-state index is -0.242. The number of aromatic nitrogens is 2. The summed E-state index contributed by atoms with van der Waals surface area (Å²) in [4.78, 5) is 19.5. The first-order chi connectivity index (χ1) is 10.7. The zero-order valence-corrected chi connectivity index (χ0v) is 12.4. The van der Waals surface area contributed by atoms with Crippen LogP contribution in [0.15, 0.2) is 48.5 Å². The van der Waals surface area contributed by atoms with E-state index in [0.29, 0.717) is 6.54 Å². The molecule has 0 aliphatic rings. The Bertz CT molecular complexity index is 761. The highest BCUT2D eigenvalue weighted by atomic mass is 16.2. The van der Waals surface area contributed by atoms with Gasteiger partial charge in [0.2, 0.25) is 0 Å². The van der Waals surface area contributed by atoms with E-state index in [1.54, 1.807) is 0 Å². The lowest BCUT2D eigenvalue weighted by molar-refractivity contribution is 0.251. The van der Waals surface area contributed by atoms with Gasteiger partial charge in [0.15, 0.2) is 0 Å². The van der Waals surface area contributed by atoms with E-state index in [9.17, 15) is 4.79 Å². The summed E-state index contributed by atoms with van der Waals surface area (Å²) in [7, 11) is 0. The third-order valence-electron chi connectivity index (χ3n) is 3.45. The van der Waals surface area contributed by atoms with Gasteiger partial charge in [0.25, 0.3) is 0 Å². The molecule has 0 fully saturated rings. The SMILES string of the molecule is CCc1cccc(NC(=O)NCc2nc3ccccc3[nH]2)c1. The van der Waals surface area contributed by atoms with Gasteiger partial charge in [-0.05, 0) is 36.2 Å². The molecule has 0 saturated carbocycles. The van der Waals surface area contributed by atoms with Gasteiger partial charge in [-0.15, -0.1) is 0 Å². The molecule has 1 aromatic heterocycles. The van der Waals surface area contributed by atoms with Crippen molar-refractivity contribution in [1.82, 2.24) is 15.3 Å². The average molecular weight is 294 g/mol. The van der Waals surface area contributed by atoms with Crippen molar-refractivity contribution >= 4 is 22.8 Å². The molecule has 0 radical (unpaired) electrons. The molecule has 5 nitrogen and oxygen atoms in total. The third kappa shape index (κ3) is 3.25. The van der Waals surface area contributed by atoms with E-state index in [4.69, 9.17) is 0 Å². The van der Waals surface area contributed by atoms with Crippen LogP contribution >= 0.6 is 0 Å². The quantitative estimate of drug-likeness (QED) is 0.689. The molecule has 3 aromatic rings. The van der Waals surface area contributed by atoms with Crippen LogP contribution in [0, 0.1) is 0 Å². The third-order valence-corrected chi connectivity index (χ3v) is 3.45. The first kappa shape index (κ1) is 14.1. The number of H-pyrrole nitrogens is 1. The van der Waals surface area contributed by atoms with Crippen molar-refractivity contribution in [2.24, 2.45) is 0 Å². The molecule has 22 heavy (non-hydrogen) atoms. The van der Waals surface area contributed by atoms with Crippen LogP contribution in [0.3, 0.4) is 0 Å². The van der Waals surface area contributed by atoms with Gasteiger partial charge in [-0.1, -0.05) is 31.2 Å². The Morgan fingerprint density at radius 2 is 2.05 bits per heavy atom. The van der Waals surface area contributed by atoms with Crippen LogP contribution in [0.4, 0.5) is 10.5 Å². The summed E-state index contributed by atoms with van der Waals surface area (Å²) in [6.07, 6.45) is 0.941. The molecule has 112 valence electrons. The van der Waals surface area contributed by atoms with Gasteiger partial charge >= 0.3 is 6.03 Å². The Labute approximate surface area is 128 Å². The molecule has 2 amide bonds. The minimum absolute atomic E-state index is 0.242. The van der Waals surface area contributed by atoms with Crippen LogP contribution in [-0.4, -0.2) is 16.0 Å². The maximum Gasteiger partial charge on any atom is 0.319 e. The summed E-state index contributed by atoms with van der Waals surface area (Å²) in [5.41, 5.74) is 3.85. The lowest BCUT2D eigenvalue weighted by Gasteiger charge is -2.07. The number of carbonyl (C=O) groups is 1. The molecular weight excluding hydrogens is 276 g/mol. The molecule has 0 aliphatic carbocycles. The van der Waals surface area contributed by atoms with E-state index in [-0.39, 0.29) is 6.03 Å².